The quantitative estimate of drug-likeness (QED) is 0.662. The topological polar surface area (TPSA) is 26.3 Å². The molecule has 2 aliphatic rings. The van der Waals surface area contributed by atoms with Gasteiger partial charge in [0.05, 0.1) is 0 Å². The minimum Gasteiger partial charge on any atom is -0.416 e. The Kier molecular flexibility index (Phi) is 5.64. The Balaban J connectivity index is 1.77. The van der Waals surface area contributed by atoms with Crippen LogP contribution in [0.5, 0.6) is 0 Å². The number of hydrogen-bond donors (Lipinski definition) is 0. The minimum absolute atomic E-state index is 0.231. The van der Waals surface area contributed by atoms with E-state index in [-0.39, 0.29) is 5.04 Å². The first-order valence-corrected chi connectivity index (χ1v) is 12.4. The first-order valence-electron chi connectivity index (χ1n) is 8.51. The molecule has 2 aliphatic heterocycles. The summed E-state index contributed by atoms with van der Waals surface area (Å²) in [5.74, 6) is 0.787. The second-order valence-electron chi connectivity index (χ2n) is 8.30. The van der Waals surface area contributed by atoms with Crippen molar-refractivity contribution in [1.82, 2.24) is 0 Å². The molecule has 2 nitrogen and oxygen atoms in total. The summed E-state index contributed by atoms with van der Waals surface area (Å²) in [7, 11) is -1.70. The van der Waals surface area contributed by atoms with Crippen molar-refractivity contribution in [1.29, 1.82) is 0 Å². The van der Waals surface area contributed by atoms with E-state index < -0.39 is 8.32 Å². The second kappa shape index (κ2) is 6.75. The lowest BCUT2D eigenvalue weighted by Gasteiger charge is -2.38. The van der Waals surface area contributed by atoms with Crippen molar-refractivity contribution in [3.63, 3.8) is 0 Å². The van der Waals surface area contributed by atoms with Gasteiger partial charge in [0.25, 0.3) is 0 Å². The van der Waals surface area contributed by atoms with E-state index in [1.807, 2.05) is 0 Å². The molecule has 2 heterocycles. The Bertz CT molecular complexity index is 363. The van der Waals surface area contributed by atoms with E-state index in [9.17, 15) is 4.79 Å². The lowest BCUT2D eigenvalue weighted by Crippen LogP contribution is -2.41. The van der Waals surface area contributed by atoms with Gasteiger partial charge in [-0.3, -0.25) is 4.79 Å². The van der Waals surface area contributed by atoms with Crippen LogP contribution in [0.4, 0.5) is 0 Å². The lowest BCUT2D eigenvalue weighted by atomic mass is 9.86. The third-order valence-electron chi connectivity index (χ3n) is 5.60. The molecule has 0 aromatic carbocycles. The molecular formula is C17H32O2SSi. The fourth-order valence-electron chi connectivity index (χ4n) is 3.15. The first kappa shape index (κ1) is 17.5. The van der Waals surface area contributed by atoms with Crippen LogP contribution in [0, 0.1) is 5.92 Å². The van der Waals surface area contributed by atoms with E-state index in [0.717, 1.165) is 23.3 Å². The third-order valence-corrected chi connectivity index (χ3v) is 11.8. The molecule has 0 aromatic heterocycles. The molecule has 2 atom stereocenters. The van der Waals surface area contributed by atoms with Crippen LogP contribution in [0.15, 0.2) is 0 Å². The largest absolute Gasteiger partial charge is 0.416 e. The van der Waals surface area contributed by atoms with Crippen LogP contribution >= 0.6 is 11.8 Å². The average Bonchev–Trinajstić information content (AvgIpc) is 2.36. The van der Waals surface area contributed by atoms with E-state index >= 15 is 0 Å². The normalized spacial score (nSPS) is 30.2. The summed E-state index contributed by atoms with van der Waals surface area (Å²) < 4.78 is 6.16. The van der Waals surface area contributed by atoms with Crippen molar-refractivity contribution >= 4 is 25.9 Å². The van der Waals surface area contributed by atoms with Gasteiger partial charge < -0.3 is 4.43 Å². The van der Waals surface area contributed by atoms with Gasteiger partial charge in [0, 0.05) is 29.4 Å². The average molecular weight is 329 g/mol. The molecule has 0 spiro atoms. The Morgan fingerprint density at radius 1 is 1.19 bits per heavy atom. The molecule has 0 amide bonds. The molecule has 0 saturated carbocycles. The summed E-state index contributed by atoms with van der Waals surface area (Å²) in [6.45, 7) is 11.9. The number of ketones is 1. The number of thioether (sulfide) groups is 1. The second-order valence-corrected chi connectivity index (χ2v) is 14.7. The Morgan fingerprint density at radius 2 is 1.76 bits per heavy atom. The zero-order valence-electron chi connectivity index (χ0n) is 14.4. The van der Waals surface area contributed by atoms with Crippen LogP contribution in [-0.2, 0) is 9.22 Å². The van der Waals surface area contributed by atoms with Gasteiger partial charge in [0.1, 0.15) is 5.78 Å². The molecule has 122 valence electrons. The number of hydrogen-bond acceptors (Lipinski definition) is 3. The van der Waals surface area contributed by atoms with Gasteiger partial charge >= 0.3 is 0 Å². The van der Waals surface area contributed by atoms with Crippen LogP contribution in [0.3, 0.4) is 0 Å². The Labute approximate surface area is 135 Å². The van der Waals surface area contributed by atoms with E-state index in [1.165, 1.54) is 19.3 Å². The molecule has 2 unspecified atom stereocenters. The van der Waals surface area contributed by atoms with E-state index in [0.29, 0.717) is 24.7 Å². The fourth-order valence-corrected chi connectivity index (χ4v) is 6.03. The summed E-state index contributed by atoms with van der Waals surface area (Å²) in [5, 5.41) is 1.75. The fraction of sp³-hybridized carbons (Fsp3) is 0.941. The predicted molar refractivity (Wildman–Crippen MR) is 94.5 cm³/mol. The highest BCUT2D eigenvalue weighted by molar-refractivity contribution is 8.00. The molecule has 2 saturated heterocycles. The molecule has 0 N–H and O–H groups in total. The zero-order chi connectivity index (χ0) is 15.7. The monoisotopic (exact) mass is 328 g/mol. The van der Waals surface area contributed by atoms with Gasteiger partial charge in [-0.2, -0.15) is 11.8 Å². The highest BCUT2D eigenvalue weighted by Gasteiger charge is 2.38. The first-order chi connectivity index (χ1) is 9.69. The Morgan fingerprint density at radius 3 is 2.29 bits per heavy atom. The Hall–Kier alpha value is 0.197. The van der Waals surface area contributed by atoms with E-state index in [1.54, 1.807) is 0 Å². The van der Waals surface area contributed by atoms with Crippen molar-refractivity contribution < 1.29 is 9.22 Å². The van der Waals surface area contributed by atoms with Crippen LogP contribution in [-0.4, -0.2) is 31.2 Å². The molecule has 21 heavy (non-hydrogen) atoms. The number of carbonyl (C=O) groups is 1. The van der Waals surface area contributed by atoms with Crippen LogP contribution < -0.4 is 0 Å². The summed E-state index contributed by atoms with van der Waals surface area (Å²) >= 11 is 2.15. The molecule has 0 aromatic rings. The standard InChI is InChI=1S/C17H32O2SSi/c1-17(2,3)21(4,5)19-10-9-16(18)13-11-14-7-6-8-15(12-13)20-14/h13-15H,6-12H2,1-5H3. The molecule has 2 bridgehead atoms. The lowest BCUT2D eigenvalue weighted by molar-refractivity contribution is -0.124. The number of Topliss-reactive ketones (excluding diaryl/α,β-unsaturated/α-hetero) is 1. The van der Waals surface area contributed by atoms with Crippen molar-refractivity contribution in [2.75, 3.05) is 6.61 Å². The molecule has 0 aliphatic carbocycles. The zero-order valence-corrected chi connectivity index (χ0v) is 16.2. The van der Waals surface area contributed by atoms with Crippen LogP contribution in [0.2, 0.25) is 18.1 Å². The molecule has 0 radical (unpaired) electrons. The van der Waals surface area contributed by atoms with Crippen molar-refractivity contribution in [2.24, 2.45) is 5.92 Å². The maximum absolute atomic E-state index is 12.5. The van der Waals surface area contributed by atoms with Crippen molar-refractivity contribution in [3.05, 3.63) is 0 Å². The maximum atomic E-state index is 12.5. The number of rotatable bonds is 5. The summed E-state index contributed by atoms with van der Waals surface area (Å²) in [5.41, 5.74) is 0. The van der Waals surface area contributed by atoms with E-state index in [2.05, 4.69) is 45.6 Å². The van der Waals surface area contributed by atoms with Gasteiger partial charge in [0.2, 0.25) is 0 Å². The summed E-state index contributed by atoms with van der Waals surface area (Å²) in [4.78, 5) is 12.5. The van der Waals surface area contributed by atoms with Gasteiger partial charge in [-0.25, -0.2) is 0 Å². The van der Waals surface area contributed by atoms with Gasteiger partial charge in [-0.15, -0.1) is 0 Å². The molecule has 4 heteroatoms. The van der Waals surface area contributed by atoms with Gasteiger partial charge in [-0.05, 0) is 43.8 Å². The van der Waals surface area contributed by atoms with E-state index in [4.69, 9.17) is 4.43 Å². The maximum Gasteiger partial charge on any atom is 0.191 e. The van der Waals surface area contributed by atoms with Crippen LogP contribution in [0.1, 0.15) is 59.3 Å². The van der Waals surface area contributed by atoms with Gasteiger partial charge in [-0.1, -0.05) is 27.2 Å². The summed E-state index contributed by atoms with van der Waals surface area (Å²) in [6, 6.07) is 0. The summed E-state index contributed by atoms with van der Waals surface area (Å²) in [6.07, 6.45) is 6.90. The van der Waals surface area contributed by atoms with Gasteiger partial charge in [0.15, 0.2) is 8.32 Å². The third kappa shape index (κ3) is 4.58. The van der Waals surface area contributed by atoms with Crippen molar-refractivity contribution in [3.8, 4) is 0 Å². The molecular weight excluding hydrogens is 296 g/mol. The highest BCUT2D eigenvalue weighted by Crippen LogP contribution is 2.44. The highest BCUT2D eigenvalue weighted by atomic mass is 32.2. The number of fused-ring (bicyclic) bond motifs is 2. The van der Waals surface area contributed by atoms with Crippen molar-refractivity contribution in [2.45, 2.75) is 87.9 Å². The molecule has 2 rings (SSSR count). The number of carbonyl (C=O) groups excluding carboxylic acids is 1. The minimum atomic E-state index is -1.70. The predicted octanol–water partition coefficient (Wildman–Crippen LogP) is 5.03. The van der Waals surface area contributed by atoms with Crippen LogP contribution in [0.25, 0.3) is 0 Å². The molecule has 2 fully saturated rings. The smallest absolute Gasteiger partial charge is 0.191 e. The SMILES string of the molecule is CC(C)(C)[Si](C)(C)OCCC(=O)C1CC2CCCC(C1)S2.